The van der Waals surface area contributed by atoms with Gasteiger partial charge in [-0.3, -0.25) is 14.2 Å². The van der Waals surface area contributed by atoms with Crippen LogP contribution < -0.4 is 11.0 Å². The summed E-state index contributed by atoms with van der Waals surface area (Å²) in [7, 11) is 0. The standard InChI is InChI=1S/C20H24N6O2.ClH/c27-19(15-26-20(28)24-13-4-2-8-18(24)23-26)25(14-16-6-1-3-11-22-16)17-7-5-10-21-12-9-17;/h1-4,6,8,11,13,17,21H,5,7,9-10,12,14-15H2;1H. The van der Waals surface area contributed by atoms with Gasteiger partial charge in [-0.15, -0.1) is 17.5 Å². The van der Waals surface area contributed by atoms with Crippen LogP contribution in [0.4, 0.5) is 0 Å². The zero-order valence-corrected chi connectivity index (χ0v) is 16.9. The fourth-order valence-electron chi connectivity index (χ4n) is 3.69. The molecule has 3 aromatic heterocycles. The first-order valence-corrected chi connectivity index (χ1v) is 9.67. The highest BCUT2D eigenvalue weighted by molar-refractivity contribution is 5.85. The van der Waals surface area contributed by atoms with E-state index in [4.69, 9.17) is 0 Å². The van der Waals surface area contributed by atoms with Crippen molar-refractivity contribution in [1.29, 1.82) is 0 Å². The van der Waals surface area contributed by atoms with Crippen LogP contribution in [0.15, 0.2) is 53.6 Å². The number of hydrogen-bond donors (Lipinski definition) is 1. The molecular formula is C20H25ClN6O2. The van der Waals surface area contributed by atoms with E-state index in [1.165, 1.54) is 9.08 Å². The van der Waals surface area contributed by atoms with E-state index >= 15 is 0 Å². The van der Waals surface area contributed by atoms with Crippen molar-refractivity contribution < 1.29 is 4.79 Å². The highest BCUT2D eigenvalue weighted by Gasteiger charge is 2.26. The topological polar surface area (TPSA) is 84.5 Å². The second-order valence-electron chi connectivity index (χ2n) is 7.05. The minimum atomic E-state index is -0.302. The second kappa shape index (κ2) is 9.67. The molecule has 29 heavy (non-hydrogen) atoms. The molecule has 1 N–H and O–H groups in total. The number of halogens is 1. The number of carbonyl (C=O) groups excluding carboxylic acids is 1. The first-order valence-electron chi connectivity index (χ1n) is 9.67. The first kappa shape index (κ1) is 21.0. The summed E-state index contributed by atoms with van der Waals surface area (Å²) in [6.45, 7) is 2.21. The van der Waals surface area contributed by atoms with Crippen LogP contribution in [0.3, 0.4) is 0 Å². The molecule has 1 unspecified atom stereocenters. The number of aromatic nitrogens is 4. The lowest BCUT2D eigenvalue weighted by Gasteiger charge is -2.31. The predicted octanol–water partition coefficient (Wildman–Crippen LogP) is 1.48. The van der Waals surface area contributed by atoms with Crippen molar-refractivity contribution >= 4 is 24.0 Å². The van der Waals surface area contributed by atoms with Gasteiger partial charge in [0.15, 0.2) is 5.65 Å². The van der Waals surface area contributed by atoms with Crippen LogP contribution in [-0.4, -0.2) is 49.1 Å². The summed E-state index contributed by atoms with van der Waals surface area (Å²) in [6, 6.07) is 11.2. The maximum Gasteiger partial charge on any atom is 0.350 e. The molecule has 4 heterocycles. The molecular weight excluding hydrogens is 392 g/mol. The molecule has 0 saturated carbocycles. The van der Waals surface area contributed by atoms with Crippen molar-refractivity contribution in [3.8, 4) is 0 Å². The van der Waals surface area contributed by atoms with E-state index in [0.717, 1.165) is 38.0 Å². The summed E-state index contributed by atoms with van der Waals surface area (Å²) in [6.07, 6.45) is 6.24. The minimum Gasteiger partial charge on any atom is -0.332 e. The zero-order valence-electron chi connectivity index (χ0n) is 16.1. The van der Waals surface area contributed by atoms with Gasteiger partial charge < -0.3 is 10.2 Å². The Hall–Kier alpha value is -2.71. The van der Waals surface area contributed by atoms with E-state index in [-0.39, 0.29) is 36.6 Å². The lowest BCUT2D eigenvalue weighted by molar-refractivity contribution is -0.135. The third-order valence-corrected chi connectivity index (χ3v) is 5.14. The maximum absolute atomic E-state index is 13.2. The summed E-state index contributed by atoms with van der Waals surface area (Å²) in [4.78, 5) is 32.0. The van der Waals surface area contributed by atoms with Gasteiger partial charge in [-0.05, 0) is 56.6 Å². The normalized spacial score (nSPS) is 16.8. The molecule has 1 aliphatic heterocycles. The van der Waals surface area contributed by atoms with E-state index in [9.17, 15) is 9.59 Å². The SMILES string of the molecule is Cl.O=C(Cn1nc2ccccn2c1=O)N(Cc1ccccn1)C1CCCNCC1. The van der Waals surface area contributed by atoms with E-state index < -0.39 is 0 Å². The quantitative estimate of drug-likeness (QED) is 0.681. The molecule has 0 spiro atoms. The maximum atomic E-state index is 13.2. The number of rotatable bonds is 5. The Balaban J connectivity index is 0.00000240. The Morgan fingerprint density at radius 1 is 1.17 bits per heavy atom. The van der Waals surface area contributed by atoms with Crippen molar-refractivity contribution in [2.24, 2.45) is 0 Å². The Kier molecular flexibility index (Phi) is 7.00. The van der Waals surface area contributed by atoms with Crippen LogP contribution in [0.5, 0.6) is 0 Å². The van der Waals surface area contributed by atoms with Gasteiger partial charge in [-0.1, -0.05) is 12.1 Å². The molecule has 0 bridgehead atoms. The van der Waals surface area contributed by atoms with Gasteiger partial charge in [0.25, 0.3) is 0 Å². The Morgan fingerprint density at radius 2 is 2.03 bits per heavy atom. The first-order chi connectivity index (χ1) is 13.7. The largest absolute Gasteiger partial charge is 0.350 e. The number of fused-ring (bicyclic) bond motifs is 1. The zero-order chi connectivity index (χ0) is 19.3. The van der Waals surface area contributed by atoms with Crippen molar-refractivity contribution in [2.45, 2.75) is 38.4 Å². The average Bonchev–Trinajstić information content (AvgIpc) is 2.90. The van der Waals surface area contributed by atoms with E-state index in [1.807, 2.05) is 29.2 Å². The van der Waals surface area contributed by atoms with Crippen molar-refractivity contribution in [1.82, 2.24) is 29.4 Å². The number of pyridine rings is 2. The number of nitrogens with one attached hydrogen (secondary N) is 1. The number of nitrogens with zero attached hydrogens (tertiary/aromatic N) is 5. The lowest BCUT2D eigenvalue weighted by atomic mass is 10.1. The van der Waals surface area contributed by atoms with Gasteiger partial charge in [-0.25, -0.2) is 9.48 Å². The number of hydrogen-bond acceptors (Lipinski definition) is 5. The Morgan fingerprint density at radius 3 is 2.83 bits per heavy atom. The third kappa shape index (κ3) is 4.83. The van der Waals surface area contributed by atoms with Gasteiger partial charge in [0, 0.05) is 18.4 Å². The Labute approximate surface area is 175 Å². The van der Waals surface area contributed by atoms with Crippen LogP contribution >= 0.6 is 12.4 Å². The Bertz CT molecular complexity index is 995. The highest BCUT2D eigenvalue weighted by Crippen LogP contribution is 2.17. The summed E-state index contributed by atoms with van der Waals surface area (Å²) < 4.78 is 2.70. The number of carbonyl (C=O) groups is 1. The van der Waals surface area contributed by atoms with Gasteiger partial charge in [-0.2, -0.15) is 0 Å². The van der Waals surface area contributed by atoms with Crippen LogP contribution in [0, 0.1) is 0 Å². The van der Waals surface area contributed by atoms with Gasteiger partial charge in [0.05, 0.1) is 12.2 Å². The molecule has 1 aliphatic rings. The second-order valence-corrected chi connectivity index (χ2v) is 7.05. The molecule has 8 nitrogen and oxygen atoms in total. The van der Waals surface area contributed by atoms with Gasteiger partial charge in [0.1, 0.15) is 6.54 Å². The van der Waals surface area contributed by atoms with E-state index in [0.29, 0.717) is 12.2 Å². The highest BCUT2D eigenvalue weighted by atomic mass is 35.5. The fourth-order valence-corrected chi connectivity index (χ4v) is 3.69. The summed E-state index contributed by atoms with van der Waals surface area (Å²) in [5.41, 5.74) is 1.08. The molecule has 9 heteroatoms. The summed E-state index contributed by atoms with van der Waals surface area (Å²) in [5.74, 6) is -0.108. The van der Waals surface area contributed by atoms with Crippen LogP contribution in [0.1, 0.15) is 25.0 Å². The third-order valence-electron chi connectivity index (χ3n) is 5.14. The van der Waals surface area contributed by atoms with Crippen molar-refractivity contribution in [2.75, 3.05) is 13.1 Å². The van der Waals surface area contributed by atoms with Crippen LogP contribution in [-0.2, 0) is 17.9 Å². The van der Waals surface area contributed by atoms with E-state index in [1.54, 1.807) is 24.5 Å². The molecule has 4 rings (SSSR count). The minimum absolute atomic E-state index is 0. The lowest BCUT2D eigenvalue weighted by Crippen LogP contribution is -2.43. The average molecular weight is 417 g/mol. The van der Waals surface area contributed by atoms with Crippen LogP contribution in [0.25, 0.3) is 5.65 Å². The molecule has 0 aromatic carbocycles. The smallest absolute Gasteiger partial charge is 0.332 e. The van der Waals surface area contributed by atoms with Crippen LogP contribution in [0.2, 0.25) is 0 Å². The molecule has 1 amide bonds. The monoisotopic (exact) mass is 416 g/mol. The number of amides is 1. The summed E-state index contributed by atoms with van der Waals surface area (Å²) >= 11 is 0. The van der Waals surface area contributed by atoms with Crippen molar-refractivity contribution in [3.63, 3.8) is 0 Å². The van der Waals surface area contributed by atoms with E-state index in [2.05, 4.69) is 15.4 Å². The molecule has 154 valence electrons. The molecule has 0 aliphatic carbocycles. The fraction of sp³-hybridized carbons (Fsp3) is 0.400. The summed E-state index contributed by atoms with van der Waals surface area (Å²) in [5, 5.41) is 7.68. The molecule has 1 fully saturated rings. The molecule has 0 radical (unpaired) electrons. The van der Waals surface area contributed by atoms with Gasteiger partial charge >= 0.3 is 5.69 Å². The van der Waals surface area contributed by atoms with Crippen molar-refractivity contribution in [3.05, 3.63) is 65.0 Å². The molecule has 1 saturated heterocycles. The molecule has 1 atom stereocenters. The van der Waals surface area contributed by atoms with Gasteiger partial charge in [0.2, 0.25) is 5.91 Å². The molecule has 3 aromatic rings. The predicted molar refractivity (Wildman–Crippen MR) is 112 cm³/mol.